The summed E-state index contributed by atoms with van der Waals surface area (Å²) in [5, 5.41) is 15.4. The molecule has 0 atom stereocenters. The quantitative estimate of drug-likeness (QED) is 0.442. The number of nitrogens with one attached hydrogen (secondary N) is 2. The van der Waals surface area contributed by atoms with Gasteiger partial charge < -0.3 is 16.4 Å². The SMILES string of the molecule is Cc1ccc(N/C=C(/C#N)C(=O)NCc2ccc(Cl)cc2)c(N)c1. The van der Waals surface area contributed by atoms with Gasteiger partial charge in [0.05, 0.1) is 11.4 Å². The van der Waals surface area contributed by atoms with Gasteiger partial charge in [0.1, 0.15) is 11.6 Å². The van der Waals surface area contributed by atoms with Crippen molar-refractivity contribution < 1.29 is 4.79 Å². The lowest BCUT2D eigenvalue weighted by molar-refractivity contribution is -0.117. The van der Waals surface area contributed by atoms with Gasteiger partial charge in [0.15, 0.2) is 0 Å². The zero-order valence-corrected chi connectivity index (χ0v) is 13.9. The number of halogens is 1. The predicted octanol–water partition coefficient (Wildman–Crippen LogP) is 3.37. The highest BCUT2D eigenvalue weighted by atomic mass is 35.5. The molecule has 2 aromatic rings. The number of carbonyl (C=O) groups excluding carboxylic acids is 1. The number of aryl methyl sites for hydroxylation is 1. The molecule has 0 aliphatic heterocycles. The molecular formula is C18H17ClN4O. The highest BCUT2D eigenvalue weighted by Crippen LogP contribution is 2.19. The molecule has 24 heavy (non-hydrogen) atoms. The number of carbonyl (C=O) groups is 1. The maximum absolute atomic E-state index is 12.1. The molecule has 0 heterocycles. The zero-order valence-electron chi connectivity index (χ0n) is 13.1. The Labute approximate surface area is 145 Å². The molecule has 0 aliphatic carbocycles. The summed E-state index contributed by atoms with van der Waals surface area (Å²) in [7, 11) is 0. The maximum atomic E-state index is 12.1. The molecule has 4 N–H and O–H groups in total. The average molecular weight is 341 g/mol. The number of benzene rings is 2. The van der Waals surface area contributed by atoms with E-state index < -0.39 is 5.91 Å². The number of nitrogens with two attached hydrogens (primary N) is 1. The summed E-state index contributed by atoms with van der Waals surface area (Å²) >= 11 is 5.81. The molecule has 1 amide bonds. The third-order valence-electron chi connectivity index (χ3n) is 3.31. The maximum Gasteiger partial charge on any atom is 0.263 e. The lowest BCUT2D eigenvalue weighted by Crippen LogP contribution is -2.24. The molecule has 0 aliphatic rings. The number of nitrogens with zero attached hydrogens (tertiary/aromatic N) is 1. The average Bonchev–Trinajstić information content (AvgIpc) is 2.56. The van der Waals surface area contributed by atoms with E-state index in [9.17, 15) is 4.79 Å². The molecule has 0 radical (unpaired) electrons. The van der Waals surface area contributed by atoms with Crippen molar-refractivity contribution >= 4 is 28.9 Å². The van der Waals surface area contributed by atoms with Crippen molar-refractivity contribution in [3.8, 4) is 6.07 Å². The summed E-state index contributed by atoms with van der Waals surface area (Å²) in [5.41, 5.74) is 8.95. The van der Waals surface area contributed by atoms with Crippen LogP contribution in [0.25, 0.3) is 0 Å². The Morgan fingerprint density at radius 1 is 1.29 bits per heavy atom. The van der Waals surface area contributed by atoms with Crippen LogP contribution in [-0.2, 0) is 11.3 Å². The second-order valence-electron chi connectivity index (χ2n) is 5.21. The second kappa shape index (κ2) is 8.04. The van der Waals surface area contributed by atoms with Gasteiger partial charge >= 0.3 is 0 Å². The Morgan fingerprint density at radius 3 is 2.62 bits per heavy atom. The second-order valence-corrected chi connectivity index (χ2v) is 5.65. The molecule has 0 unspecified atom stereocenters. The molecular weight excluding hydrogens is 324 g/mol. The molecule has 5 nitrogen and oxygen atoms in total. The number of amides is 1. The molecule has 0 aromatic heterocycles. The standard InChI is InChI=1S/C18H17ClN4O/c1-12-2-7-17(16(21)8-12)22-11-14(9-20)18(24)23-10-13-3-5-15(19)6-4-13/h2-8,11,22H,10,21H2,1H3,(H,23,24)/b14-11-. The Hall–Kier alpha value is -2.97. The fraction of sp³-hybridized carbons (Fsp3) is 0.111. The Bertz CT molecular complexity index is 807. The third kappa shape index (κ3) is 4.77. The van der Waals surface area contributed by atoms with Crippen LogP contribution in [0.1, 0.15) is 11.1 Å². The summed E-state index contributed by atoms with van der Waals surface area (Å²) in [6, 6.07) is 14.5. The first-order chi connectivity index (χ1) is 11.5. The Kier molecular flexibility index (Phi) is 5.83. The van der Waals surface area contributed by atoms with Gasteiger partial charge in [0, 0.05) is 17.8 Å². The van der Waals surface area contributed by atoms with Crippen LogP contribution >= 0.6 is 11.6 Å². The van der Waals surface area contributed by atoms with Crippen molar-refractivity contribution in [2.75, 3.05) is 11.1 Å². The summed E-state index contributed by atoms with van der Waals surface area (Å²) in [6.07, 6.45) is 1.35. The summed E-state index contributed by atoms with van der Waals surface area (Å²) in [5.74, 6) is -0.467. The van der Waals surface area contributed by atoms with E-state index in [0.717, 1.165) is 11.1 Å². The van der Waals surface area contributed by atoms with Crippen LogP contribution in [0.4, 0.5) is 11.4 Å². The van der Waals surface area contributed by atoms with E-state index in [0.29, 0.717) is 22.9 Å². The number of nitrogen functional groups attached to an aromatic ring is 1. The van der Waals surface area contributed by atoms with Crippen molar-refractivity contribution in [1.29, 1.82) is 5.26 Å². The minimum absolute atomic E-state index is 0.0380. The molecule has 0 fully saturated rings. The fourth-order valence-electron chi connectivity index (χ4n) is 1.99. The first-order valence-electron chi connectivity index (χ1n) is 7.25. The molecule has 0 saturated heterocycles. The van der Waals surface area contributed by atoms with Crippen molar-refractivity contribution in [1.82, 2.24) is 5.32 Å². The topological polar surface area (TPSA) is 90.9 Å². The van der Waals surface area contributed by atoms with Crippen LogP contribution < -0.4 is 16.4 Å². The van der Waals surface area contributed by atoms with Crippen molar-refractivity contribution in [3.63, 3.8) is 0 Å². The first kappa shape index (κ1) is 17.4. The molecule has 122 valence electrons. The lowest BCUT2D eigenvalue weighted by atomic mass is 10.2. The van der Waals surface area contributed by atoms with Crippen LogP contribution in [0.2, 0.25) is 5.02 Å². The van der Waals surface area contributed by atoms with Crippen molar-refractivity contribution in [2.24, 2.45) is 0 Å². The minimum Gasteiger partial charge on any atom is -0.397 e. The smallest absolute Gasteiger partial charge is 0.263 e. The molecule has 0 bridgehead atoms. The number of anilines is 2. The van der Waals surface area contributed by atoms with E-state index in [1.54, 1.807) is 18.2 Å². The van der Waals surface area contributed by atoms with Gasteiger partial charge in [-0.1, -0.05) is 29.8 Å². The van der Waals surface area contributed by atoms with Crippen LogP contribution in [0, 0.1) is 18.3 Å². The van der Waals surface area contributed by atoms with Gasteiger partial charge in [0.25, 0.3) is 5.91 Å². The van der Waals surface area contributed by atoms with Crippen LogP contribution in [0.15, 0.2) is 54.2 Å². The van der Waals surface area contributed by atoms with Gasteiger partial charge in [0.2, 0.25) is 0 Å². The van der Waals surface area contributed by atoms with Gasteiger partial charge in [-0.2, -0.15) is 5.26 Å². The summed E-state index contributed by atoms with van der Waals surface area (Å²) < 4.78 is 0. The predicted molar refractivity (Wildman–Crippen MR) is 96.2 cm³/mol. The van der Waals surface area contributed by atoms with Gasteiger partial charge in [-0.15, -0.1) is 0 Å². The van der Waals surface area contributed by atoms with Crippen LogP contribution in [-0.4, -0.2) is 5.91 Å². The normalized spacial score (nSPS) is 10.8. The van der Waals surface area contributed by atoms with Crippen molar-refractivity contribution in [3.05, 3.63) is 70.4 Å². The molecule has 0 saturated carbocycles. The first-order valence-corrected chi connectivity index (χ1v) is 7.63. The van der Waals surface area contributed by atoms with Crippen molar-refractivity contribution in [2.45, 2.75) is 13.5 Å². The van der Waals surface area contributed by atoms with E-state index in [-0.39, 0.29) is 5.57 Å². The van der Waals surface area contributed by atoms with E-state index in [2.05, 4.69) is 10.6 Å². The van der Waals surface area contributed by atoms with E-state index in [1.807, 2.05) is 37.3 Å². The highest BCUT2D eigenvalue weighted by Gasteiger charge is 2.09. The van der Waals surface area contributed by atoms with Crippen LogP contribution in [0.5, 0.6) is 0 Å². The summed E-state index contributed by atoms with van der Waals surface area (Å²) in [4.78, 5) is 12.1. The van der Waals surface area contributed by atoms with Gasteiger partial charge in [-0.3, -0.25) is 4.79 Å². The number of nitriles is 1. The summed E-state index contributed by atoms with van der Waals surface area (Å²) in [6.45, 7) is 2.24. The highest BCUT2D eigenvalue weighted by molar-refractivity contribution is 6.30. The third-order valence-corrected chi connectivity index (χ3v) is 3.56. The number of hydrogen-bond donors (Lipinski definition) is 3. The minimum atomic E-state index is -0.467. The van der Waals surface area contributed by atoms with E-state index in [1.165, 1.54) is 6.20 Å². The number of hydrogen-bond acceptors (Lipinski definition) is 4. The van der Waals surface area contributed by atoms with E-state index >= 15 is 0 Å². The number of rotatable bonds is 5. The van der Waals surface area contributed by atoms with E-state index in [4.69, 9.17) is 22.6 Å². The lowest BCUT2D eigenvalue weighted by Gasteiger charge is -2.08. The van der Waals surface area contributed by atoms with Crippen LogP contribution in [0.3, 0.4) is 0 Å². The van der Waals surface area contributed by atoms with Gasteiger partial charge in [-0.05, 0) is 42.3 Å². The largest absolute Gasteiger partial charge is 0.397 e. The monoisotopic (exact) mass is 340 g/mol. The Balaban J connectivity index is 2.00. The molecule has 2 aromatic carbocycles. The molecule has 0 spiro atoms. The molecule has 2 rings (SSSR count). The molecule has 6 heteroatoms. The fourth-order valence-corrected chi connectivity index (χ4v) is 2.12. The Morgan fingerprint density at radius 2 is 2.00 bits per heavy atom. The zero-order chi connectivity index (χ0) is 17.5. The van der Waals surface area contributed by atoms with Gasteiger partial charge in [-0.25, -0.2) is 0 Å².